The van der Waals surface area contributed by atoms with Crippen LogP contribution in [0, 0.1) is 6.92 Å². The molecule has 2 aromatic heterocycles. The number of aromatic nitrogens is 3. The zero-order valence-corrected chi connectivity index (χ0v) is 23.6. The Balaban J connectivity index is 1.14. The average molecular weight is 557 g/mol. The number of piperidine rings is 1. The Morgan fingerprint density at radius 1 is 0.833 bits per heavy atom. The van der Waals surface area contributed by atoms with E-state index in [9.17, 15) is 9.59 Å². The predicted octanol–water partition coefficient (Wildman–Crippen LogP) is 6.77. The van der Waals surface area contributed by atoms with Gasteiger partial charge in [0.1, 0.15) is 12.0 Å². The SMILES string of the molecule is Cc1c(NC(=O)N2Cc3ccccc3C2)cccc1-c1ncnc2[nH]c(-c3ccc(C(=O)N4CCCCC4)cc3)cc12. The molecule has 42 heavy (non-hydrogen) atoms. The normalized spacial score (nSPS) is 14.7. The van der Waals surface area contributed by atoms with E-state index in [0.29, 0.717) is 18.7 Å². The monoisotopic (exact) mass is 556 g/mol. The summed E-state index contributed by atoms with van der Waals surface area (Å²) in [5.41, 5.74) is 9.10. The molecule has 4 heterocycles. The summed E-state index contributed by atoms with van der Waals surface area (Å²) >= 11 is 0. The molecule has 7 rings (SSSR count). The number of hydrogen-bond acceptors (Lipinski definition) is 4. The number of anilines is 1. The van der Waals surface area contributed by atoms with E-state index in [4.69, 9.17) is 0 Å². The number of carbonyl (C=O) groups excluding carboxylic acids is 2. The van der Waals surface area contributed by atoms with Crippen LogP contribution < -0.4 is 5.32 Å². The molecule has 2 aliphatic heterocycles. The summed E-state index contributed by atoms with van der Waals surface area (Å²) in [6, 6.07) is 23.7. The van der Waals surface area contributed by atoms with Gasteiger partial charge in [-0.05, 0) is 72.7 Å². The zero-order valence-electron chi connectivity index (χ0n) is 23.6. The Bertz CT molecular complexity index is 1780. The first-order valence-electron chi connectivity index (χ1n) is 14.5. The lowest BCUT2D eigenvalue weighted by atomic mass is 10.0. The van der Waals surface area contributed by atoms with Crippen molar-refractivity contribution < 1.29 is 9.59 Å². The Morgan fingerprint density at radius 2 is 1.57 bits per heavy atom. The van der Waals surface area contributed by atoms with Crippen LogP contribution in [0.5, 0.6) is 0 Å². The molecule has 0 unspecified atom stereocenters. The van der Waals surface area contributed by atoms with Crippen molar-refractivity contribution in [1.29, 1.82) is 0 Å². The van der Waals surface area contributed by atoms with Crippen molar-refractivity contribution in [2.45, 2.75) is 39.3 Å². The lowest BCUT2D eigenvalue weighted by Gasteiger charge is -2.26. The minimum Gasteiger partial charge on any atom is -0.339 e. The molecule has 3 amide bonds. The quantitative estimate of drug-likeness (QED) is 0.255. The van der Waals surface area contributed by atoms with Crippen LogP contribution in [0.2, 0.25) is 0 Å². The van der Waals surface area contributed by atoms with E-state index in [1.165, 1.54) is 17.5 Å². The molecule has 2 aliphatic rings. The van der Waals surface area contributed by atoms with Crippen LogP contribution in [0.25, 0.3) is 33.5 Å². The Kier molecular flexibility index (Phi) is 6.66. The van der Waals surface area contributed by atoms with Crippen molar-refractivity contribution in [1.82, 2.24) is 24.8 Å². The summed E-state index contributed by atoms with van der Waals surface area (Å²) in [5, 5.41) is 4.01. The topological polar surface area (TPSA) is 94.2 Å². The Morgan fingerprint density at radius 3 is 2.31 bits per heavy atom. The second-order valence-electron chi connectivity index (χ2n) is 11.1. The number of nitrogens with zero attached hydrogens (tertiary/aromatic N) is 4. The smallest absolute Gasteiger partial charge is 0.322 e. The first kappa shape index (κ1) is 26.0. The third-order valence-corrected chi connectivity index (χ3v) is 8.47. The highest BCUT2D eigenvalue weighted by Crippen LogP contribution is 2.34. The van der Waals surface area contributed by atoms with Crippen LogP contribution in [-0.2, 0) is 13.1 Å². The van der Waals surface area contributed by atoms with E-state index in [1.54, 1.807) is 6.33 Å². The van der Waals surface area contributed by atoms with E-state index in [1.807, 2.05) is 71.3 Å². The lowest BCUT2D eigenvalue weighted by molar-refractivity contribution is 0.0724. The van der Waals surface area contributed by atoms with Crippen LogP contribution >= 0.6 is 0 Å². The van der Waals surface area contributed by atoms with Crippen LogP contribution in [0.1, 0.15) is 46.3 Å². The lowest BCUT2D eigenvalue weighted by Crippen LogP contribution is -2.35. The number of likely N-dealkylation sites (tertiary alicyclic amines) is 1. The van der Waals surface area contributed by atoms with Crippen molar-refractivity contribution in [3.05, 3.63) is 101 Å². The van der Waals surface area contributed by atoms with Gasteiger partial charge in [0.2, 0.25) is 0 Å². The molecule has 2 N–H and O–H groups in total. The fourth-order valence-corrected chi connectivity index (χ4v) is 6.08. The number of aromatic amines is 1. The molecular weight excluding hydrogens is 524 g/mol. The largest absolute Gasteiger partial charge is 0.339 e. The number of carbonyl (C=O) groups is 2. The van der Waals surface area contributed by atoms with Gasteiger partial charge in [-0.1, -0.05) is 48.5 Å². The molecule has 0 bridgehead atoms. The second-order valence-corrected chi connectivity index (χ2v) is 11.1. The van der Waals surface area contributed by atoms with Gasteiger partial charge < -0.3 is 20.1 Å². The van der Waals surface area contributed by atoms with Crippen LogP contribution in [0.3, 0.4) is 0 Å². The van der Waals surface area contributed by atoms with E-state index < -0.39 is 0 Å². The van der Waals surface area contributed by atoms with Gasteiger partial charge in [0.25, 0.3) is 5.91 Å². The number of rotatable bonds is 4. The highest BCUT2D eigenvalue weighted by molar-refractivity contribution is 5.98. The van der Waals surface area contributed by atoms with Gasteiger partial charge in [-0.25, -0.2) is 14.8 Å². The standard InChI is InChI=1S/C34H32N6O2/c1-22-27(10-7-11-29(22)38-34(42)40-19-25-8-3-4-9-26(25)20-40)31-28-18-30(37-32(28)36-21-35-31)23-12-14-24(15-13-23)33(41)39-16-5-2-6-17-39/h3-4,7-15,18,21H,2,5-6,16-17,19-20H2,1H3,(H,38,42)(H,35,36,37). The van der Waals surface area contributed by atoms with Crippen molar-refractivity contribution in [3.8, 4) is 22.5 Å². The summed E-state index contributed by atoms with van der Waals surface area (Å²) < 4.78 is 0. The first-order chi connectivity index (χ1) is 20.5. The fourth-order valence-electron chi connectivity index (χ4n) is 6.08. The molecule has 1 saturated heterocycles. The molecule has 0 saturated carbocycles. The van der Waals surface area contributed by atoms with Gasteiger partial charge in [-0.2, -0.15) is 0 Å². The van der Waals surface area contributed by atoms with Gasteiger partial charge in [-0.3, -0.25) is 4.79 Å². The van der Waals surface area contributed by atoms with E-state index in [-0.39, 0.29) is 11.9 Å². The maximum absolute atomic E-state index is 13.2. The molecule has 1 fully saturated rings. The summed E-state index contributed by atoms with van der Waals surface area (Å²) in [6.45, 7) is 4.88. The van der Waals surface area contributed by atoms with Gasteiger partial charge >= 0.3 is 6.03 Å². The van der Waals surface area contributed by atoms with Crippen molar-refractivity contribution in [3.63, 3.8) is 0 Å². The van der Waals surface area contributed by atoms with Gasteiger partial charge in [0.15, 0.2) is 0 Å². The minimum absolute atomic E-state index is 0.0998. The molecule has 0 spiro atoms. The maximum Gasteiger partial charge on any atom is 0.322 e. The number of amides is 3. The minimum atomic E-state index is -0.120. The van der Waals surface area contributed by atoms with Crippen LogP contribution in [0.4, 0.5) is 10.5 Å². The molecule has 8 heteroatoms. The summed E-state index contributed by atoms with van der Waals surface area (Å²) in [6.07, 6.45) is 4.90. The molecule has 210 valence electrons. The number of hydrogen-bond donors (Lipinski definition) is 2. The molecule has 8 nitrogen and oxygen atoms in total. The third-order valence-electron chi connectivity index (χ3n) is 8.47. The highest BCUT2D eigenvalue weighted by atomic mass is 16.2. The Labute approximate surface area is 244 Å². The summed E-state index contributed by atoms with van der Waals surface area (Å²) in [4.78, 5) is 42.4. The molecule has 0 atom stereocenters. The molecule has 3 aromatic carbocycles. The number of nitrogens with one attached hydrogen (secondary N) is 2. The zero-order chi connectivity index (χ0) is 28.6. The maximum atomic E-state index is 13.2. The van der Waals surface area contributed by atoms with E-state index in [0.717, 1.165) is 70.7 Å². The Hall–Kier alpha value is -4.98. The van der Waals surface area contributed by atoms with Gasteiger partial charge in [0.05, 0.1) is 5.69 Å². The van der Waals surface area contributed by atoms with E-state index >= 15 is 0 Å². The number of fused-ring (bicyclic) bond motifs is 2. The van der Waals surface area contributed by atoms with Crippen molar-refractivity contribution in [2.24, 2.45) is 0 Å². The molecule has 0 aliphatic carbocycles. The highest BCUT2D eigenvalue weighted by Gasteiger charge is 2.24. The summed E-state index contributed by atoms with van der Waals surface area (Å²) in [7, 11) is 0. The fraction of sp³-hybridized carbons (Fsp3) is 0.235. The number of urea groups is 1. The third kappa shape index (κ3) is 4.79. The van der Waals surface area contributed by atoms with Gasteiger partial charge in [0, 0.05) is 54.1 Å². The molecule has 5 aromatic rings. The second kappa shape index (κ2) is 10.8. The van der Waals surface area contributed by atoms with Crippen molar-refractivity contribution >= 4 is 28.7 Å². The van der Waals surface area contributed by atoms with Crippen molar-refractivity contribution in [2.75, 3.05) is 18.4 Å². The number of benzene rings is 3. The van der Waals surface area contributed by atoms with Crippen LogP contribution in [-0.4, -0.2) is 49.8 Å². The first-order valence-corrected chi connectivity index (χ1v) is 14.5. The number of H-pyrrole nitrogens is 1. The van der Waals surface area contributed by atoms with Gasteiger partial charge in [-0.15, -0.1) is 0 Å². The van der Waals surface area contributed by atoms with E-state index in [2.05, 4.69) is 38.5 Å². The molecular formula is C34H32N6O2. The average Bonchev–Trinajstić information content (AvgIpc) is 3.67. The van der Waals surface area contributed by atoms with Crippen LogP contribution in [0.15, 0.2) is 79.1 Å². The predicted molar refractivity (Wildman–Crippen MR) is 164 cm³/mol. The molecule has 0 radical (unpaired) electrons. The summed E-state index contributed by atoms with van der Waals surface area (Å²) in [5.74, 6) is 0.0998.